The lowest BCUT2D eigenvalue weighted by atomic mass is 10.1. The Kier molecular flexibility index (Phi) is 4.42. The van der Waals surface area contributed by atoms with Gasteiger partial charge in [0.05, 0.1) is 12.3 Å². The third-order valence-corrected chi connectivity index (χ3v) is 3.01. The Labute approximate surface area is 122 Å². The van der Waals surface area contributed by atoms with Crippen LogP contribution < -0.4 is 15.4 Å². The molecule has 0 aliphatic rings. The number of rotatable bonds is 4. The second-order valence-electron chi connectivity index (χ2n) is 4.54. The first-order chi connectivity index (χ1) is 10.0. The molecule has 2 aromatic rings. The zero-order valence-electron chi connectivity index (χ0n) is 12.0. The summed E-state index contributed by atoms with van der Waals surface area (Å²) in [6.07, 6.45) is 0. The van der Waals surface area contributed by atoms with Gasteiger partial charge in [-0.15, -0.1) is 0 Å². The van der Waals surface area contributed by atoms with Crippen molar-refractivity contribution in [2.24, 2.45) is 0 Å². The average molecular weight is 288 g/mol. The SMILES string of the molecule is CCOc1cc(N)cc(C(=O)N(C)c2ccccc2F)c1. The number of anilines is 2. The number of carbonyl (C=O) groups is 1. The predicted molar refractivity (Wildman–Crippen MR) is 81.2 cm³/mol. The van der Waals surface area contributed by atoms with Crippen LogP contribution >= 0.6 is 0 Å². The summed E-state index contributed by atoms with van der Waals surface area (Å²) in [6, 6.07) is 10.9. The summed E-state index contributed by atoms with van der Waals surface area (Å²) in [4.78, 5) is 13.7. The van der Waals surface area contributed by atoms with E-state index in [2.05, 4.69) is 0 Å². The Balaban J connectivity index is 2.33. The molecule has 0 aliphatic carbocycles. The molecule has 2 rings (SSSR count). The van der Waals surface area contributed by atoms with Crippen molar-refractivity contribution >= 4 is 17.3 Å². The first-order valence-corrected chi connectivity index (χ1v) is 6.59. The molecule has 1 amide bonds. The Bertz CT molecular complexity index is 658. The number of nitrogen functional groups attached to an aromatic ring is 1. The topological polar surface area (TPSA) is 55.6 Å². The van der Waals surface area contributed by atoms with E-state index in [0.29, 0.717) is 23.6 Å². The molecular formula is C16H17FN2O2. The molecule has 0 atom stereocenters. The molecule has 2 aromatic carbocycles. The predicted octanol–water partition coefficient (Wildman–Crippen LogP) is 3.08. The Morgan fingerprint density at radius 1 is 1.29 bits per heavy atom. The number of amides is 1. The van der Waals surface area contributed by atoms with E-state index < -0.39 is 5.82 Å². The number of benzene rings is 2. The molecule has 0 heterocycles. The molecule has 110 valence electrons. The van der Waals surface area contributed by atoms with Crippen LogP contribution in [0.5, 0.6) is 5.75 Å². The zero-order valence-corrected chi connectivity index (χ0v) is 12.0. The molecule has 5 heteroatoms. The molecule has 21 heavy (non-hydrogen) atoms. The van der Waals surface area contributed by atoms with E-state index in [1.54, 1.807) is 36.4 Å². The smallest absolute Gasteiger partial charge is 0.258 e. The van der Waals surface area contributed by atoms with Gasteiger partial charge in [-0.3, -0.25) is 4.79 Å². The van der Waals surface area contributed by atoms with Crippen LogP contribution in [-0.2, 0) is 0 Å². The number of nitrogens with zero attached hydrogens (tertiary/aromatic N) is 1. The van der Waals surface area contributed by atoms with Gasteiger partial charge in [0.2, 0.25) is 0 Å². The number of hydrogen-bond donors (Lipinski definition) is 1. The van der Waals surface area contributed by atoms with Crippen LogP contribution in [0.1, 0.15) is 17.3 Å². The summed E-state index contributed by atoms with van der Waals surface area (Å²) in [5.74, 6) is -0.293. The van der Waals surface area contributed by atoms with E-state index >= 15 is 0 Å². The molecular weight excluding hydrogens is 271 g/mol. The summed E-state index contributed by atoms with van der Waals surface area (Å²) >= 11 is 0. The van der Waals surface area contributed by atoms with Crippen LogP contribution in [0.2, 0.25) is 0 Å². The average Bonchev–Trinajstić information content (AvgIpc) is 2.46. The van der Waals surface area contributed by atoms with E-state index in [0.717, 1.165) is 0 Å². The highest BCUT2D eigenvalue weighted by Gasteiger charge is 2.17. The number of para-hydroxylation sites is 1. The van der Waals surface area contributed by atoms with Crippen LogP contribution in [0.3, 0.4) is 0 Å². The monoisotopic (exact) mass is 288 g/mol. The van der Waals surface area contributed by atoms with Crippen molar-refractivity contribution in [2.45, 2.75) is 6.92 Å². The summed E-state index contributed by atoms with van der Waals surface area (Å²) in [5, 5.41) is 0. The summed E-state index contributed by atoms with van der Waals surface area (Å²) in [5.41, 5.74) is 6.76. The Morgan fingerprint density at radius 2 is 2.00 bits per heavy atom. The third kappa shape index (κ3) is 3.31. The lowest BCUT2D eigenvalue weighted by Crippen LogP contribution is -2.27. The Morgan fingerprint density at radius 3 is 2.67 bits per heavy atom. The molecule has 0 spiro atoms. The lowest BCUT2D eigenvalue weighted by molar-refractivity contribution is 0.0992. The van der Waals surface area contributed by atoms with Gasteiger partial charge in [-0.2, -0.15) is 0 Å². The summed E-state index contributed by atoms with van der Waals surface area (Å²) in [7, 11) is 1.52. The molecule has 0 aromatic heterocycles. The van der Waals surface area contributed by atoms with Gasteiger partial charge in [-0.25, -0.2) is 4.39 Å². The molecule has 2 N–H and O–H groups in total. The molecule has 0 bridgehead atoms. The molecule has 0 aliphatic heterocycles. The van der Waals surface area contributed by atoms with E-state index in [-0.39, 0.29) is 11.6 Å². The van der Waals surface area contributed by atoms with Gasteiger partial charge in [0.15, 0.2) is 0 Å². The van der Waals surface area contributed by atoms with Gasteiger partial charge in [0.1, 0.15) is 11.6 Å². The van der Waals surface area contributed by atoms with Gasteiger partial charge < -0.3 is 15.4 Å². The fraction of sp³-hybridized carbons (Fsp3) is 0.188. The lowest BCUT2D eigenvalue weighted by Gasteiger charge is -2.18. The minimum absolute atomic E-state index is 0.211. The second-order valence-corrected chi connectivity index (χ2v) is 4.54. The van der Waals surface area contributed by atoms with E-state index in [4.69, 9.17) is 10.5 Å². The molecule has 0 saturated carbocycles. The highest BCUT2D eigenvalue weighted by atomic mass is 19.1. The second kappa shape index (κ2) is 6.26. The van der Waals surface area contributed by atoms with Gasteiger partial charge in [0.25, 0.3) is 5.91 Å². The van der Waals surface area contributed by atoms with E-state index in [9.17, 15) is 9.18 Å². The number of nitrogens with two attached hydrogens (primary N) is 1. The van der Waals surface area contributed by atoms with E-state index in [1.807, 2.05) is 6.92 Å². The number of hydrogen-bond acceptors (Lipinski definition) is 3. The van der Waals surface area contributed by atoms with Crippen molar-refractivity contribution < 1.29 is 13.9 Å². The van der Waals surface area contributed by atoms with Crippen molar-refractivity contribution in [1.82, 2.24) is 0 Å². The van der Waals surface area contributed by atoms with Crippen LogP contribution in [0.25, 0.3) is 0 Å². The van der Waals surface area contributed by atoms with Crippen molar-refractivity contribution in [2.75, 3.05) is 24.3 Å². The molecule has 0 fully saturated rings. The first kappa shape index (κ1) is 14.8. The normalized spacial score (nSPS) is 10.2. The van der Waals surface area contributed by atoms with Crippen LogP contribution in [0.4, 0.5) is 15.8 Å². The molecule has 4 nitrogen and oxygen atoms in total. The van der Waals surface area contributed by atoms with Gasteiger partial charge >= 0.3 is 0 Å². The van der Waals surface area contributed by atoms with Gasteiger partial charge in [-0.1, -0.05) is 12.1 Å². The van der Waals surface area contributed by atoms with Crippen LogP contribution in [0, 0.1) is 5.82 Å². The van der Waals surface area contributed by atoms with Gasteiger partial charge in [0, 0.05) is 24.4 Å². The van der Waals surface area contributed by atoms with Crippen molar-refractivity contribution in [3.8, 4) is 5.75 Å². The maximum atomic E-state index is 13.8. The Hall–Kier alpha value is -2.56. The molecule has 0 saturated heterocycles. The number of ether oxygens (including phenoxy) is 1. The molecule has 0 unspecified atom stereocenters. The highest BCUT2D eigenvalue weighted by molar-refractivity contribution is 6.06. The quantitative estimate of drug-likeness (QED) is 0.880. The maximum absolute atomic E-state index is 13.8. The number of halogens is 1. The van der Waals surface area contributed by atoms with Crippen molar-refractivity contribution in [3.05, 3.63) is 53.8 Å². The van der Waals surface area contributed by atoms with Crippen molar-refractivity contribution in [3.63, 3.8) is 0 Å². The molecule has 0 radical (unpaired) electrons. The van der Waals surface area contributed by atoms with Gasteiger partial charge in [-0.05, 0) is 31.2 Å². The van der Waals surface area contributed by atoms with E-state index in [1.165, 1.54) is 18.0 Å². The third-order valence-electron chi connectivity index (χ3n) is 3.01. The minimum atomic E-state index is -0.456. The zero-order chi connectivity index (χ0) is 15.4. The highest BCUT2D eigenvalue weighted by Crippen LogP contribution is 2.23. The van der Waals surface area contributed by atoms with Crippen LogP contribution in [-0.4, -0.2) is 19.6 Å². The summed E-state index contributed by atoms with van der Waals surface area (Å²) < 4.78 is 19.1. The first-order valence-electron chi connectivity index (χ1n) is 6.59. The number of carbonyl (C=O) groups excluding carboxylic acids is 1. The standard InChI is InChI=1S/C16H17FN2O2/c1-3-21-13-9-11(8-12(18)10-13)16(20)19(2)15-7-5-4-6-14(15)17/h4-10H,3,18H2,1-2H3. The van der Waals surface area contributed by atoms with Crippen molar-refractivity contribution in [1.29, 1.82) is 0 Å². The fourth-order valence-electron chi connectivity index (χ4n) is 2.02. The fourth-order valence-corrected chi connectivity index (χ4v) is 2.02. The summed E-state index contributed by atoms with van der Waals surface area (Å²) in [6.45, 7) is 2.32. The minimum Gasteiger partial charge on any atom is -0.494 e. The maximum Gasteiger partial charge on any atom is 0.258 e. The largest absolute Gasteiger partial charge is 0.494 e. The van der Waals surface area contributed by atoms with Crippen LogP contribution in [0.15, 0.2) is 42.5 Å².